The summed E-state index contributed by atoms with van der Waals surface area (Å²) in [6, 6.07) is 1.28. The Hall–Kier alpha value is -2.81. The smallest absolute Gasteiger partial charge is 0.421 e. The molecule has 37 heavy (non-hydrogen) atoms. The van der Waals surface area contributed by atoms with Gasteiger partial charge in [-0.25, -0.2) is 13.8 Å². The summed E-state index contributed by atoms with van der Waals surface area (Å²) < 4.78 is 50.5. The molecule has 0 aromatic heterocycles. The number of carbonyl (C=O) groups is 3. The average molecular weight is 566 g/mol. The van der Waals surface area contributed by atoms with Crippen molar-refractivity contribution < 1.29 is 45.5 Å². The van der Waals surface area contributed by atoms with Gasteiger partial charge in [-0.1, -0.05) is 25.4 Å². The van der Waals surface area contributed by atoms with Gasteiger partial charge < -0.3 is 24.8 Å². The maximum absolute atomic E-state index is 12.8. The quantitative estimate of drug-likeness (QED) is 0.371. The Kier molecular flexibility index (Phi) is 10.4. The van der Waals surface area contributed by atoms with Crippen LogP contribution in [0.2, 0.25) is 5.02 Å². The number of hydrogen-bond donors (Lipinski definition) is 1. The molecule has 1 aliphatic heterocycles. The van der Waals surface area contributed by atoms with E-state index in [9.17, 15) is 22.8 Å². The fraction of sp³-hybridized carbons (Fsp3) is 0.591. The molecule has 0 unspecified atom stereocenters. The van der Waals surface area contributed by atoms with E-state index in [1.165, 1.54) is 26.4 Å². The van der Waals surface area contributed by atoms with E-state index in [2.05, 4.69) is 0 Å². The Morgan fingerprint density at radius 3 is 2.43 bits per heavy atom. The van der Waals surface area contributed by atoms with E-state index in [4.69, 9.17) is 40.0 Å². The average Bonchev–Trinajstić information content (AvgIpc) is 2.99. The van der Waals surface area contributed by atoms with E-state index in [1.54, 1.807) is 20.8 Å². The fourth-order valence-electron chi connectivity index (χ4n) is 3.52. The summed E-state index contributed by atoms with van der Waals surface area (Å²) >= 11 is 6.09. The van der Waals surface area contributed by atoms with E-state index in [0.717, 1.165) is 4.90 Å². The molecule has 1 aromatic rings. The molecule has 15 heteroatoms. The van der Waals surface area contributed by atoms with Crippen molar-refractivity contribution >= 4 is 39.9 Å². The molecule has 0 radical (unpaired) electrons. The number of methoxy groups -OCH3 is 2. The van der Waals surface area contributed by atoms with Gasteiger partial charge in [-0.05, 0) is 31.9 Å². The van der Waals surface area contributed by atoms with E-state index in [1.807, 2.05) is 0 Å². The third-order valence-corrected chi connectivity index (χ3v) is 6.48. The Morgan fingerprint density at radius 1 is 1.19 bits per heavy atom. The van der Waals surface area contributed by atoms with Crippen LogP contribution in [0.15, 0.2) is 12.1 Å². The number of likely N-dealkylation sites (N-methyl/N-ethyl adjacent to an activating group) is 1. The van der Waals surface area contributed by atoms with Crippen LogP contribution in [0.25, 0.3) is 0 Å². The lowest BCUT2D eigenvalue weighted by atomic mass is 9.96. The van der Waals surface area contributed by atoms with Crippen LogP contribution in [0.1, 0.15) is 44.0 Å². The lowest BCUT2D eigenvalue weighted by molar-refractivity contribution is -0.122. The third kappa shape index (κ3) is 7.84. The molecule has 0 bridgehead atoms. The van der Waals surface area contributed by atoms with Gasteiger partial charge in [0, 0.05) is 12.0 Å². The van der Waals surface area contributed by atoms with Gasteiger partial charge in [0.1, 0.15) is 17.4 Å². The minimum Gasteiger partial charge on any atom is -0.496 e. The molecule has 0 spiro atoms. The van der Waals surface area contributed by atoms with Crippen LogP contribution < -0.4 is 15.2 Å². The lowest BCUT2D eigenvalue weighted by Gasteiger charge is -2.29. The Morgan fingerprint density at radius 2 is 1.86 bits per heavy atom. The molecule has 13 nitrogen and oxygen atoms in total. The molecule has 2 rings (SSSR count). The molecule has 1 aromatic carbocycles. The highest BCUT2D eigenvalue weighted by Gasteiger charge is 2.37. The monoisotopic (exact) mass is 565 g/mol. The van der Waals surface area contributed by atoms with Gasteiger partial charge in [-0.15, -0.1) is 4.28 Å². The summed E-state index contributed by atoms with van der Waals surface area (Å²) in [4.78, 5) is 38.3. The Bertz CT molecular complexity index is 1110. The first kappa shape index (κ1) is 30.4. The number of esters is 1. The topological polar surface area (TPSA) is 164 Å². The fourth-order valence-corrected chi connectivity index (χ4v) is 4.62. The Labute approximate surface area is 220 Å². The van der Waals surface area contributed by atoms with E-state index < -0.39 is 46.4 Å². The number of nitrogens with two attached hydrogens (primary N) is 1. The van der Waals surface area contributed by atoms with Crippen molar-refractivity contribution in [1.82, 2.24) is 9.96 Å². The number of hydroxylamine groups is 2. The molecule has 0 saturated carbocycles. The van der Waals surface area contributed by atoms with Crippen LogP contribution in [-0.4, -0.2) is 82.9 Å². The van der Waals surface area contributed by atoms with Crippen LogP contribution >= 0.6 is 11.6 Å². The summed E-state index contributed by atoms with van der Waals surface area (Å²) in [5.74, 6) is -1.25. The first-order valence-corrected chi connectivity index (χ1v) is 13.0. The number of ether oxygens (including phenoxy) is 3. The number of hydrogen-bond acceptors (Lipinski definition) is 10. The van der Waals surface area contributed by atoms with Gasteiger partial charge in [0.25, 0.3) is 0 Å². The van der Waals surface area contributed by atoms with E-state index >= 15 is 0 Å². The third-order valence-electron chi connectivity index (χ3n) is 5.41. The molecular formula is C22H32ClN3O10S. The molecule has 1 fully saturated rings. The van der Waals surface area contributed by atoms with Crippen molar-refractivity contribution in [3.8, 4) is 11.5 Å². The lowest BCUT2D eigenvalue weighted by Crippen LogP contribution is -2.51. The normalized spacial score (nSPS) is 16.8. The van der Waals surface area contributed by atoms with Gasteiger partial charge in [0.15, 0.2) is 5.75 Å². The highest BCUT2D eigenvalue weighted by atomic mass is 35.5. The zero-order valence-electron chi connectivity index (χ0n) is 21.3. The summed E-state index contributed by atoms with van der Waals surface area (Å²) in [5, 5.41) is 0.792. The first-order chi connectivity index (χ1) is 17.3. The standard InChI is InChI=1S/C22H32ClN3O10S/c1-6-25-15(19(24)27)8-7-11-26(21(25)29)36-37(30,31)35-13-22(2,3)12-34-20(28)17-16(32-4)10-9-14(23)18(17)33-5/h9-10,15H,6-8,11-13H2,1-5H3,(H2,24,27)/t15-/m0/s1. The molecule has 2 N–H and O–H groups in total. The Balaban J connectivity index is 2.03. The van der Waals surface area contributed by atoms with Gasteiger partial charge in [0.2, 0.25) is 5.91 Å². The molecule has 1 saturated heterocycles. The maximum atomic E-state index is 12.8. The molecular weight excluding hydrogens is 534 g/mol. The van der Waals surface area contributed by atoms with Crippen molar-refractivity contribution in [2.45, 2.75) is 39.7 Å². The largest absolute Gasteiger partial charge is 0.496 e. The number of rotatable bonds is 12. The van der Waals surface area contributed by atoms with Gasteiger partial charge in [0.05, 0.1) is 39.0 Å². The predicted molar refractivity (Wildman–Crippen MR) is 131 cm³/mol. The molecule has 1 atom stereocenters. The number of benzene rings is 1. The highest BCUT2D eigenvalue weighted by molar-refractivity contribution is 7.81. The predicted octanol–water partition coefficient (Wildman–Crippen LogP) is 2.12. The zero-order chi connectivity index (χ0) is 28.0. The molecule has 208 valence electrons. The number of halogens is 1. The van der Waals surface area contributed by atoms with E-state index in [0.29, 0.717) is 5.06 Å². The summed E-state index contributed by atoms with van der Waals surface area (Å²) in [6.45, 7) is 4.13. The van der Waals surface area contributed by atoms with Gasteiger partial charge in [-0.2, -0.15) is 13.5 Å². The maximum Gasteiger partial charge on any atom is 0.421 e. The minimum absolute atomic E-state index is 0.0282. The number of carbonyl (C=O) groups excluding carboxylic acids is 3. The molecule has 1 heterocycles. The number of primary amides is 1. The van der Waals surface area contributed by atoms with Crippen LogP contribution in [0.3, 0.4) is 0 Å². The second kappa shape index (κ2) is 12.6. The first-order valence-electron chi connectivity index (χ1n) is 11.3. The van der Waals surface area contributed by atoms with Crippen LogP contribution in [0, 0.1) is 5.41 Å². The van der Waals surface area contributed by atoms with Crippen molar-refractivity contribution in [3.63, 3.8) is 0 Å². The van der Waals surface area contributed by atoms with Crippen LogP contribution in [-0.2, 0) is 28.4 Å². The van der Waals surface area contributed by atoms with E-state index in [-0.39, 0.29) is 54.6 Å². The molecule has 3 amide bonds. The van der Waals surface area contributed by atoms with Crippen molar-refractivity contribution in [1.29, 1.82) is 0 Å². The minimum atomic E-state index is -4.69. The van der Waals surface area contributed by atoms with Crippen LogP contribution in [0.4, 0.5) is 4.79 Å². The second-order valence-corrected chi connectivity index (χ2v) is 10.5. The van der Waals surface area contributed by atoms with Gasteiger partial charge in [-0.3, -0.25) is 4.79 Å². The van der Waals surface area contributed by atoms with Crippen molar-refractivity contribution in [3.05, 3.63) is 22.7 Å². The summed E-state index contributed by atoms with van der Waals surface area (Å²) in [5.41, 5.74) is 4.34. The number of urea groups is 1. The molecule has 0 aliphatic carbocycles. The number of amides is 3. The van der Waals surface area contributed by atoms with Gasteiger partial charge >= 0.3 is 22.4 Å². The van der Waals surface area contributed by atoms with Crippen molar-refractivity contribution in [2.24, 2.45) is 11.1 Å². The number of nitrogens with zero attached hydrogens (tertiary/aromatic N) is 2. The summed E-state index contributed by atoms with van der Waals surface area (Å²) in [7, 11) is -1.98. The highest BCUT2D eigenvalue weighted by Crippen LogP contribution is 2.36. The van der Waals surface area contributed by atoms with Crippen LogP contribution in [0.5, 0.6) is 11.5 Å². The van der Waals surface area contributed by atoms with Crippen molar-refractivity contribution in [2.75, 3.05) is 40.5 Å². The SMILES string of the molecule is CCN1C(=O)N(OS(=O)(=O)OCC(C)(C)COC(=O)c2c(OC)ccc(Cl)c2OC)CCC[C@H]1C(N)=O. The second-order valence-electron chi connectivity index (χ2n) is 8.87. The zero-order valence-corrected chi connectivity index (χ0v) is 22.9. The summed E-state index contributed by atoms with van der Waals surface area (Å²) in [6.07, 6.45) is 0.541. The molecule has 1 aliphatic rings.